The first-order valence-corrected chi connectivity index (χ1v) is 7.97. The molecular weight excluding hydrogens is 300 g/mol. The topological polar surface area (TPSA) is 80.0 Å². The van der Waals surface area contributed by atoms with Gasteiger partial charge in [-0.2, -0.15) is 5.10 Å². The lowest BCUT2D eigenvalue weighted by Gasteiger charge is -2.25. The van der Waals surface area contributed by atoms with Gasteiger partial charge in [0.1, 0.15) is 9.88 Å². The van der Waals surface area contributed by atoms with E-state index in [9.17, 15) is 9.90 Å². The number of rotatable bonds is 5. The Balaban J connectivity index is 2.05. The minimum atomic E-state index is -0.253. The number of carbonyl (C=O) groups excluding carboxylic acids is 1. The monoisotopic (exact) mass is 322 g/mol. The van der Waals surface area contributed by atoms with Gasteiger partial charge in [0.05, 0.1) is 25.0 Å². The standard InChI is InChI=1S/C15H22N4O2S/c1-15(2,3)5-11(9-20)18-13(21)12-7-16-14(22-12)10-6-17-19(4)8-10/h6-8,11,20H,5,9H2,1-4H3,(H,18,21). The number of carbonyl (C=O) groups is 1. The van der Waals surface area contributed by atoms with Crippen LogP contribution < -0.4 is 5.32 Å². The van der Waals surface area contributed by atoms with E-state index >= 15 is 0 Å². The molecule has 0 fully saturated rings. The number of hydrogen-bond donors (Lipinski definition) is 2. The zero-order chi connectivity index (χ0) is 16.3. The number of hydrogen-bond acceptors (Lipinski definition) is 5. The van der Waals surface area contributed by atoms with E-state index in [1.165, 1.54) is 11.3 Å². The van der Waals surface area contributed by atoms with Gasteiger partial charge in [0, 0.05) is 18.8 Å². The maximum Gasteiger partial charge on any atom is 0.263 e. The van der Waals surface area contributed by atoms with Gasteiger partial charge in [0.15, 0.2) is 0 Å². The Hall–Kier alpha value is -1.73. The summed E-state index contributed by atoms with van der Waals surface area (Å²) in [6, 6.07) is -0.253. The fourth-order valence-corrected chi connectivity index (χ4v) is 3.00. The molecule has 0 spiro atoms. The molecule has 0 saturated carbocycles. The second-order valence-corrected chi connectivity index (χ2v) is 7.58. The van der Waals surface area contributed by atoms with Crippen molar-refractivity contribution in [2.45, 2.75) is 33.2 Å². The van der Waals surface area contributed by atoms with Gasteiger partial charge >= 0.3 is 0 Å². The Kier molecular flexibility index (Phi) is 4.97. The van der Waals surface area contributed by atoms with E-state index < -0.39 is 0 Å². The van der Waals surface area contributed by atoms with Gasteiger partial charge in [0.2, 0.25) is 0 Å². The first kappa shape index (κ1) is 16.6. The molecule has 2 rings (SSSR count). The van der Waals surface area contributed by atoms with Crippen molar-refractivity contribution < 1.29 is 9.90 Å². The van der Waals surface area contributed by atoms with E-state index in [1.54, 1.807) is 17.1 Å². The second-order valence-electron chi connectivity index (χ2n) is 6.55. The maximum absolute atomic E-state index is 12.3. The Bertz CT molecular complexity index is 642. The lowest BCUT2D eigenvalue weighted by Crippen LogP contribution is -2.39. The Morgan fingerprint density at radius 3 is 2.73 bits per heavy atom. The number of amides is 1. The molecule has 1 atom stereocenters. The second kappa shape index (κ2) is 6.58. The largest absolute Gasteiger partial charge is 0.394 e. The zero-order valence-electron chi connectivity index (χ0n) is 13.3. The first-order valence-electron chi connectivity index (χ1n) is 7.15. The average molecular weight is 322 g/mol. The van der Waals surface area contributed by atoms with E-state index in [-0.39, 0.29) is 24.0 Å². The van der Waals surface area contributed by atoms with Crippen LogP contribution in [-0.2, 0) is 7.05 Å². The van der Waals surface area contributed by atoms with Crippen molar-refractivity contribution in [3.8, 4) is 10.6 Å². The van der Waals surface area contributed by atoms with Crippen LogP contribution in [0.1, 0.15) is 36.9 Å². The molecule has 0 aliphatic rings. The Morgan fingerprint density at radius 2 is 2.18 bits per heavy atom. The van der Waals surface area contributed by atoms with Gasteiger partial charge in [-0.1, -0.05) is 20.8 Å². The van der Waals surface area contributed by atoms with Crippen LogP contribution in [0.15, 0.2) is 18.6 Å². The van der Waals surface area contributed by atoms with Crippen molar-refractivity contribution in [1.29, 1.82) is 0 Å². The van der Waals surface area contributed by atoms with Crippen LogP contribution in [0.4, 0.5) is 0 Å². The fourth-order valence-electron chi connectivity index (χ4n) is 2.20. The third-order valence-electron chi connectivity index (χ3n) is 3.10. The Labute approximate surface area is 134 Å². The highest BCUT2D eigenvalue weighted by molar-refractivity contribution is 7.16. The van der Waals surface area contributed by atoms with Gasteiger partial charge in [-0.25, -0.2) is 4.98 Å². The minimum Gasteiger partial charge on any atom is -0.394 e. The smallest absolute Gasteiger partial charge is 0.263 e. The highest BCUT2D eigenvalue weighted by Gasteiger charge is 2.21. The van der Waals surface area contributed by atoms with E-state index in [4.69, 9.17) is 0 Å². The summed E-state index contributed by atoms with van der Waals surface area (Å²) in [7, 11) is 1.84. The summed E-state index contributed by atoms with van der Waals surface area (Å²) >= 11 is 1.32. The summed E-state index contributed by atoms with van der Waals surface area (Å²) in [6.45, 7) is 6.16. The molecule has 0 saturated heterocycles. The molecule has 2 aromatic rings. The van der Waals surface area contributed by atoms with Crippen molar-refractivity contribution in [2.24, 2.45) is 12.5 Å². The van der Waals surface area contributed by atoms with Crippen LogP contribution in [0.25, 0.3) is 10.6 Å². The molecule has 7 heteroatoms. The summed E-state index contributed by atoms with van der Waals surface area (Å²) < 4.78 is 1.70. The number of aliphatic hydroxyl groups is 1. The quantitative estimate of drug-likeness (QED) is 0.883. The van der Waals surface area contributed by atoms with E-state index in [0.29, 0.717) is 11.3 Å². The van der Waals surface area contributed by atoms with Gasteiger partial charge in [-0.3, -0.25) is 9.48 Å². The summed E-state index contributed by atoms with van der Waals surface area (Å²) in [5.74, 6) is -0.198. The van der Waals surface area contributed by atoms with E-state index in [1.807, 2.05) is 13.2 Å². The van der Waals surface area contributed by atoms with Crippen LogP contribution in [-0.4, -0.2) is 38.4 Å². The molecule has 0 aliphatic carbocycles. The van der Waals surface area contributed by atoms with Crippen LogP contribution in [0.5, 0.6) is 0 Å². The predicted octanol–water partition coefficient (Wildman–Crippen LogP) is 2.07. The van der Waals surface area contributed by atoms with Crippen molar-refractivity contribution in [1.82, 2.24) is 20.1 Å². The normalized spacial score (nSPS) is 13.1. The SMILES string of the molecule is Cn1cc(-c2ncc(C(=O)NC(CO)CC(C)(C)C)s2)cn1. The van der Waals surface area contributed by atoms with Gasteiger partial charge < -0.3 is 10.4 Å². The number of nitrogens with one attached hydrogen (secondary N) is 1. The molecule has 6 nitrogen and oxygen atoms in total. The molecule has 2 N–H and O–H groups in total. The average Bonchev–Trinajstić information content (AvgIpc) is 3.04. The molecule has 0 aliphatic heterocycles. The third-order valence-corrected chi connectivity index (χ3v) is 4.14. The summed E-state index contributed by atoms with van der Waals surface area (Å²) in [5, 5.41) is 17.2. The number of aliphatic hydroxyl groups excluding tert-OH is 1. The summed E-state index contributed by atoms with van der Waals surface area (Å²) in [6.07, 6.45) is 5.85. The van der Waals surface area contributed by atoms with Gasteiger partial charge in [0.25, 0.3) is 5.91 Å². The summed E-state index contributed by atoms with van der Waals surface area (Å²) in [5.41, 5.74) is 0.926. The van der Waals surface area contributed by atoms with Crippen LogP contribution in [0, 0.1) is 5.41 Å². The highest BCUT2D eigenvalue weighted by atomic mass is 32.1. The van der Waals surface area contributed by atoms with Crippen LogP contribution >= 0.6 is 11.3 Å². The van der Waals surface area contributed by atoms with Gasteiger partial charge in [-0.05, 0) is 11.8 Å². The molecule has 0 aromatic carbocycles. The molecule has 2 heterocycles. The number of thiazole rings is 1. The van der Waals surface area contributed by atoms with E-state index in [2.05, 4.69) is 36.2 Å². The number of aromatic nitrogens is 3. The minimum absolute atomic E-state index is 0.0369. The lowest BCUT2D eigenvalue weighted by molar-refractivity contribution is 0.0901. The molecule has 0 bridgehead atoms. The van der Waals surface area contributed by atoms with Crippen LogP contribution in [0.2, 0.25) is 0 Å². The molecular formula is C15H22N4O2S. The molecule has 120 valence electrons. The van der Waals surface area contributed by atoms with Crippen molar-refractivity contribution in [3.63, 3.8) is 0 Å². The summed E-state index contributed by atoms with van der Waals surface area (Å²) in [4.78, 5) is 17.1. The zero-order valence-corrected chi connectivity index (χ0v) is 14.1. The molecule has 2 aromatic heterocycles. The third kappa shape index (κ3) is 4.38. The van der Waals surface area contributed by atoms with Crippen molar-refractivity contribution in [3.05, 3.63) is 23.5 Å². The molecule has 1 amide bonds. The van der Waals surface area contributed by atoms with Gasteiger partial charge in [-0.15, -0.1) is 11.3 Å². The number of nitrogens with zero attached hydrogens (tertiary/aromatic N) is 3. The predicted molar refractivity (Wildman–Crippen MR) is 86.7 cm³/mol. The van der Waals surface area contributed by atoms with E-state index in [0.717, 1.165) is 10.6 Å². The lowest BCUT2D eigenvalue weighted by atomic mass is 9.88. The first-order chi connectivity index (χ1) is 10.3. The van der Waals surface area contributed by atoms with Crippen LogP contribution in [0.3, 0.4) is 0 Å². The van der Waals surface area contributed by atoms with Crippen molar-refractivity contribution in [2.75, 3.05) is 6.61 Å². The Morgan fingerprint density at radius 1 is 1.45 bits per heavy atom. The van der Waals surface area contributed by atoms with Crippen molar-refractivity contribution >= 4 is 17.2 Å². The molecule has 1 unspecified atom stereocenters. The molecule has 22 heavy (non-hydrogen) atoms. The highest BCUT2D eigenvalue weighted by Crippen LogP contribution is 2.25. The number of aryl methyl sites for hydroxylation is 1. The molecule has 0 radical (unpaired) electrons. The maximum atomic E-state index is 12.3. The fraction of sp³-hybridized carbons (Fsp3) is 0.533.